The van der Waals surface area contributed by atoms with Gasteiger partial charge in [0.05, 0.1) is 5.69 Å². The van der Waals surface area contributed by atoms with E-state index in [1.54, 1.807) is 11.8 Å². The summed E-state index contributed by atoms with van der Waals surface area (Å²) in [5.41, 5.74) is 5.72. The molecular formula is C20H19N3OS. The highest BCUT2D eigenvalue weighted by atomic mass is 32.2. The second-order valence-corrected chi connectivity index (χ2v) is 7.35. The minimum Gasteiger partial charge on any atom is -0.325 e. The molecule has 0 unspecified atom stereocenters. The fourth-order valence-electron chi connectivity index (χ4n) is 2.89. The first-order valence-corrected chi connectivity index (χ1v) is 9.28. The number of rotatable bonds is 3. The SMILES string of the molecule is Cc1ccc(C(=O)Nc2cccc(-c3cn4c(n3)SCC4)c2)cc1C. The summed E-state index contributed by atoms with van der Waals surface area (Å²) in [6.07, 6.45) is 2.08. The maximum atomic E-state index is 12.5. The van der Waals surface area contributed by atoms with Crippen LogP contribution in [0.2, 0.25) is 0 Å². The zero-order valence-electron chi connectivity index (χ0n) is 14.2. The van der Waals surface area contributed by atoms with Crippen LogP contribution in [0, 0.1) is 13.8 Å². The number of imidazole rings is 1. The lowest BCUT2D eigenvalue weighted by Gasteiger charge is -2.08. The Morgan fingerprint density at radius 3 is 2.84 bits per heavy atom. The van der Waals surface area contributed by atoms with E-state index in [-0.39, 0.29) is 5.91 Å². The smallest absolute Gasteiger partial charge is 0.255 e. The molecular weight excluding hydrogens is 330 g/mol. The van der Waals surface area contributed by atoms with Crippen LogP contribution in [0.4, 0.5) is 5.69 Å². The van der Waals surface area contributed by atoms with Gasteiger partial charge in [-0.2, -0.15) is 0 Å². The Labute approximate surface area is 151 Å². The zero-order valence-corrected chi connectivity index (χ0v) is 15.1. The van der Waals surface area contributed by atoms with E-state index < -0.39 is 0 Å². The van der Waals surface area contributed by atoms with Crippen LogP contribution in [0.3, 0.4) is 0 Å². The number of carbonyl (C=O) groups excluding carboxylic acids is 1. The average molecular weight is 349 g/mol. The molecule has 0 fully saturated rings. The van der Waals surface area contributed by atoms with Gasteiger partial charge in [0, 0.05) is 35.3 Å². The standard InChI is InChI=1S/C20H19N3OS/c1-13-6-7-16(10-14(13)2)19(24)21-17-5-3-4-15(11-17)18-12-23-8-9-25-20(23)22-18/h3-7,10-12H,8-9H2,1-2H3,(H,21,24). The summed E-state index contributed by atoms with van der Waals surface area (Å²) < 4.78 is 2.18. The molecule has 1 aliphatic rings. The van der Waals surface area contributed by atoms with Gasteiger partial charge in [-0.25, -0.2) is 4.98 Å². The van der Waals surface area contributed by atoms with Gasteiger partial charge in [0.15, 0.2) is 5.16 Å². The molecule has 1 N–H and O–H groups in total. The minimum atomic E-state index is -0.0943. The van der Waals surface area contributed by atoms with Crippen LogP contribution in [-0.2, 0) is 6.54 Å². The van der Waals surface area contributed by atoms with E-state index in [0.29, 0.717) is 5.56 Å². The van der Waals surface area contributed by atoms with E-state index >= 15 is 0 Å². The van der Waals surface area contributed by atoms with Gasteiger partial charge in [0.25, 0.3) is 5.91 Å². The van der Waals surface area contributed by atoms with Crippen LogP contribution in [-0.4, -0.2) is 21.2 Å². The molecule has 1 aliphatic heterocycles. The van der Waals surface area contributed by atoms with Crippen LogP contribution in [0.5, 0.6) is 0 Å². The van der Waals surface area contributed by atoms with Crippen molar-refractivity contribution < 1.29 is 4.79 Å². The summed E-state index contributed by atoms with van der Waals surface area (Å²) in [6.45, 7) is 5.07. The van der Waals surface area contributed by atoms with Crippen molar-refractivity contribution >= 4 is 23.4 Å². The maximum Gasteiger partial charge on any atom is 0.255 e. The quantitative estimate of drug-likeness (QED) is 0.756. The van der Waals surface area contributed by atoms with E-state index in [0.717, 1.165) is 40.0 Å². The third-order valence-corrected chi connectivity index (χ3v) is 5.46. The molecule has 0 saturated heterocycles. The first kappa shape index (κ1) is 16.0. The molecule has 1 aromatic heterocycles. The third-order valence-electron chi connectivity index (χ3n) is 4.49. The summed E-state index contributed by atoms with van der Waals surface area (Å²) in [5, 5.41) is 4.05. The van der Waals surface area contributed by atoms with Gasteiger partial charge in [-0.05, 0) is 49.2 Å². The molecule has 0 atom stereocenters. The average Bonchev–Trinajstić information content (AvgIpc) is 3.19. The monoisotopic (exact) mass is 349 g/mol. The van der Waals surface area contributed by atoms with Crippen molar-refractivity contribution in [2.45, 2.75) is 25.5 Å². The molecule has 5 heteroatoms. The molecule has 0 bridgehead atoms. The minimum absolute atomic E-state index is 0.0943. The van der Waals surface area contributed by atoms with E-state index in [1.807, 2.05) is 56.3 Å². The largest absolute Gasteiger partial charge is 0.325 e. The molecule has 1 amide bonds. The van der Waals surface area contributed by atoms with Crippen molar-refractivity contribution in [3.05, 3.63) is 65.4 Å². The third kappa shape index (κ3) is 3.20. The van der Waals surface area contributed by atoms with Gasteiger partial charge < -0.3 is 9.88 Å². The van der Waals surface area contributed by atoms with Gasteiger partial charge >= 0.3 is 0 Å². The molecule has 0 spiro atoms. The number of carbonyl (C=O) groups is 1. The highest BCUT2D eigenvalue weighted by Crippen LogP contribution is 2.30. The zero-order chi connectivity index (χ0) is 17.4. The Morgan fingerprint density at radius 1 is 1.16 bits per heavy atom. The predicted molar refractivity (Wildman–Crippen MR) is 102 cm³/mol. The Balaban J connectivity index is 1.56. The van der Waals surface area contributed by atoms with Crippen molar-refractivity contribution in [3.8, 4) is 11.3 Å². The fraction of sp³-hybridized carbons (Fsp3) is 0.200. The van der Waals surface area contributed by atoms with Crippen molar-refractivity contribution in [2.24, 2.45) is 0 Å². The summed E-state index contributed by atoms with van der Waals surface area (Å²) >= 11 is 1.78. The van der Waals surface area contributed by atoms with Crippen LogP contribution in [0.25, 0.3) is 11.3 Å². The number of nitrogens with one attached hydrogen (secondary N) is 1. The number of amides is 1. The molecule has 4 rings (SSSR count). The highest BCUT2D eigenvalue weighted by molar-refractivity contribution is 7.99. The molecule has 0 saturated carbocycles. The van der Waals surface area contributed by atoms with E-state index in [2.05, 4.69) is 21.1 Å². The number of anilines is 1. The Bertz CT molecular complexity index is 940. The summed E-state index contributed by atoms with van der Waals surface area (Å²) in [7, 11) is 0. The summed E-state index contributed by atoms with van der Waals surface area (Å²) in [4.78, 5) is 17.2. The number of aromatic nitrogens is 2. The lowest BCUT2D eigenvalue weighted by Crippen LogP contribution is -2.12. The van der Waals surface area contributed by atoms with Gasteiger partial charge in [-0.1, -0.05) is 30.0 Å². The van der Waals surface area contributed by atoms with Crippen molar-refractivity contribution in [1.82, 2.24) is 9.55 Å². The molecule has 126 valence electrons. The number of fused-ring (bicyclic) bond motifs is 1. The number of aryl methyl sites for hydroxylation is 3. The Kier molecular flexibility index (Phi) is 4.09. The molecule has 2 aromatic carbocycles. The topological polar surface area (TPSA) is 46.9 Å². The van der Waals surface area contributed by atoms with Gasteiger partial charge in [-0.3, -0.25) is 4.79 Å². The lowest BCUT2D eigenvalue weighted by molar-refractivity contribution is 0.102. The van der Waals surface area contributed by atoms with E-state index in [1.165, 1.54) is 5.56 Å². The van der Waals surface area contributed by atoms with Crippen molar-refractivity contribution in [1.29, 1.82) is 0 Å². The van der Waals surface area contributed by atoms with Crippen LogP contribution in [0.1, 0.15) is 21.5 Å². The van der Waals surface area contributed by atoms with Crippen LogP contribution in [0.15, 0.2) is 53.8 Å². The first-order valence-electron chi connectivity index (χ1n) is 8.29. The predicted octanol–water partition coefficient (Wildman–Crippen LogP) is 4.52. The molecule has 3 aromatic rings. The number of thioether (sulfide) groups is 1. The number of hydrogen-bond donors (Lipinski definition) is 1. The van der Waals surface area contributed by atoms with E-state index in [4.69, 9.17) is 0 Å². The maximum absolute atomic E-state index is 12.5. The summed E-state index contributed by atoms with van der Waals surface area (Å²) in [5.74, 6) is 0.998. The molecule has 4 nitrogen and oxygen atoms in total. The van der Waals surface area contributed by atoms with Crippen LogP contribution >= 0.6 is 11.8 Å². The lowest BCUT2D eigenvalue weighted by atomic mass is 10.1. The van der Waals surface area contributed by atoms with Gasteiger partial charge in [0.2, 0.25) is 0 Å². The van der Waals surface area contributed by atoms with Crippen molar-refractivity contribution in [3.63, 3.8) is 0 Å². The van der Waals surface area contributed by atoms with Gasteiger partial charge in [-0.15, -0.1) is 0 Å². The molecule has 2 heterocycles. The van der Waals surface area contributed by atoms with E-state index in [9.17, 15) is 4.79 Å². The number of nitrogens with zero attached hydrogens (tertiary/aromatic N) is 2. The number of benzene rings is 2. The Hall–Kier alpha value is -2.53. The van der Waals surface area contributed by atoms with Crippen molar-refractivity contribution in [2.75, 3.05) is 11.1 Å². The fourth-order valence-corrected chi connectivity index (χ4v) is 3.83. The summed E-state index contributed by atoms with van der Waals surface area (Å²) in [6, 6.07) is 13.6. The second kappa shape index (κ2) is 6.41. The highest BCUT2D eigenvalue weighted by Gasteiger charge is 2.15. The number of hydrogen-bond acceptors (Lipinski definition) is 3. The van der Waals surface area contributed by atoms with Gasteiger partial charge in [0.1, 0.15) is 0 Å². The normalized spacial score (nSPS) is 12.9. The Morgan fingerprint density at radius 2 is 2.04 bits per heavy atom. The van der Waals surface area contributed by atoms with Crippen LogP contribution < -0.4 is 5.32 Å². The second-order valence-electron chi connectivity index (χ2n) is 6.28. The first-order chi connectivity index (χ1) is 12.1. The molecule has 25 heavy (non-hydrogen) atoms. The molecule has 0 radical (unpaired) electrons. The molecule has 0 aliphatic carbocycles.